The Bertz CT molecular complexity index is 663. The highest BCUT2D eigenvalue weighted by atomic mass is 35.5. The predicted molar refractivity (Wildman–Crippen MR) is 81.6 cm³/mol. The summed E-state index contributed by atoms with van der Waals surface area (Å²) in [7, 11) is 0. The second-order valence-corrected chi connectivity index (χ2v) is 6.55. The van der Waals surface area contributed by atoms with E-state index in [1.807, 2.05) is 0 Å². The molecule has 0 aliphatic heterocycles. The van der Waals surface area contributed by atoms with E-state index in [1.54, 1.807) is 24.3 Å². The van der Waals surface area contributed by atoms with Crippen molar-refractivity contribution in [3.8, 4) is 0 Å². The molecule has 1 aliphatic carbocycles. The van der Waals surface area contributed by atoms with E-state index in [9.17, 15) is 9.90 Å². The maximum absolute atomic E-state index is 12.6. The van der Waals surface area contributed by atoms with Gasteiger partial charge in [-0.1, -0.05) is 11.6 Å². The van der Waals surface area contributed by atoms with Gasteiger partial charge in [0.2, 0.25) is 0 Å². The summed E-state index contributed by atoms with van der Waals surface area (Å²) in [4.78, 5) is 13.7. The number of hydrogen-bond donors (Lipinski definition) is 2. The number of thiophene rings is 1. The van der Waals surface area contributed by atoms with Gasteiger partial charge in [0, 0.05) is 21.9 Å². The largest absolute Gasteiger partial charge is 0.393 e. The van der Waals surface area contributed by atoms with Crippen LogP contribution in [0.25, 0.3) is 0 Å². The number of aliphatic hydroxyl groups excluding tert-OH is 1. The van der Waals surface area contributed by atoms with Gasteiger partial charge in [-0.25, -0.2) is 0 Å². The van der Waals surface area contributed by atoms with Gasteiger partial charge in [0.1, 0.15) is 0 Å². The molecule has 1 heterocycles. The zero-order valence-corrected chi connectivity index (χ0v) is 12.3. The van der Waals surface area contributed by atoms with Gasteiger partial charge in [-0.05, 0) is 42.7 Å². The number of fused-ring (bicyclic) bond motifs is 1. The van der Waals surface area contributed by atoms with Crippen LogP contribution in [-0.2, 0) is 12.8 Å². The third-order valence-electron chi connectivity index (χ3n) is 3.60. The van der Waals surface area contributed by atoms with Crippen LogP contribution < -0.4 is 5.73 Å². The lowest BCUT2D eigenvalue weighted by molar-refractivity contribution is 0.103. The fourth-order valence-electron chi connectivity index (χ4n) is 2.58. The maximum atomic E-state index is 12.6. The van der Waals surface area contributed by atoms with Gasteiger partial charge in [-0.3, -0.25) is 4.79 Å². The number of carbonyl (C=O) groups is 1. The minimum atomic E-state index is -0.320. The van der Waals surface area contributed by atoms with Crippen molar-refractivity contribution >= 4 is 33.7 Å². The summed E-state index contributed by atoms with van der Waals surface area (Å²) in [6.07, 6.45) is 1.67. The molecule has 2 aromatic rings. The minimum absolute atomic E-state index is 0.0620. The number of benzene rings is 1. The molecule has 0 amide bonds. The quantitative estimate of drug-likeness (QED) is 0.838. The van der Waals surface area contributed by atoms with E-state index in [0.29, 0.717) is 40.4 Å². The Morgan fingerprint density at radius 1 is 1.35 bits per heavy atom. The number of hydrogen-bond acceptors (Lipinski definition) is 4. The number of anilines is 1. The molecule has 0 radical (unpaired) electrons. The Balaban J connectivity index is 2.02. The highest BCUT2D eigenvalue weighted by Gasteiger charge is 2.27. The van der Waals surface area contributed by atoms with Crippen LogP contribution in [0.4, 0.5) is 5.00 Å². The molecule has 0 bridgehead atoms. The van der Waals surface area contributed by atoms with Gasteiger partial charge in [0.25, 0.3) is 0 Å². The monoisotopic (exact) mass is 307 g/mol. The van der Waals surface area contributed by atoms with Crippen LogP contribution in [0.1, 0.15) is 32.8 Å². The number of ketones is 1. The lowest BCUT2D eigenvalue weighted by atomic mass is 9.90. The van der Waals surface area contributed by atoms with Crippen molar-refractivity contribution in [2.24, 2.45) is 0 Å². The van der Waals surface area contributed by atoms with Crippen molar-refractivity contribution in [3.63, 3.8) is 0 Å². The standard InChI is InChI=1S/C15H14ClNO2S/c16-9-3-1-8(2-4-9)14(19)13-11-6-5-10(18)7-12(11)20-15(13)17/h1-4,10,18H,5-7,17H2. The van der Waals surface area contributed by atoms with E-state index in [4.69, 9.17) is 17.3 Å². The van der Waals surface area contributed by atoms with Gasteiger partial charge in [0.05, 0.1) is 16.7 Å². The normalized spacial score (nSPS) is 17.8. The Kier molecular flexibility index (Phi) is 3.54. The summed E-state index contributed by atoms with van der Waals surface area (Å²) in [6, 6.07) is 6.83. The van der Waals surface area contributed by atoms with Gasteiger partial charge in [-0.2, -0.15) is 0 Å². The highest BCUT2D eigenvalue weighted by Crippen LogP contribution is 2.37. The molecule has 0 saturated heterocycles. The molecule has 1 atom stereocenters. The summed E-state index contributed by atoms with van der Waals surface area (Å²) in [5.74, 6) is -0.0620. The number of carbonyl (C=O) groups excluding carboxylic acids is 1. The third-order valence-corrected chi connectivity index (χ3v) is 4.94. The molecule has 1 aromatic heterocycles. The van der Waals surface area contributed by atoms with Crippen LogP contribution in [0.15, 0.2) is 24.3 Å². The molecule has 1 aliphatic rings. The number of nitrogens with two attached hydrogens (primary N) is 1. The predicted octanol–water partition coefficient (Wildman–Crippen LogP) is 3.06. The van der Waals surface area contributed by atoms with Crippen molar-refractivity contribution in [2.45, 2.75) is 25.4 Å². The third kappa shape index (κ3) is 2.35. The molecule has 0 fully saturated rings. The molecule has 1 unspecified atom stereocenters. The van der Waals surface area contributed by atoms with Gasteiger partial charge in [-0.15, -0.1) is 11.3 Å². The van der Waals surface area contributed by atoms with Crippen LogP contribution in [-0.4, -0.2) is 17.0 Å². The van der Waals surface area contributed by atoms with Crippen molar-refractivity contribution in [2.75, 3.05) is 5.73 Å². The first-order chi connectivity index (χ1) is 9.56. The maximum Gasteiger partial charge on any atom is 0.196 e. The van der Waals surface area contributed by atoms with E-state index in [1.165, 1.54) is 11.3 Å². The first-order valence-electron chi connectivity index (χ1n) is 6.44. The van der Waals surface area contributed by atoms with Crippen molar-refractivity contribution < 1.29 is 9.90 Å². The van der Waals surface area contributed by atoms with E-state index in [-0.39, 0.29) is 11.9 Å². The molecular formula is C15H14ClNO2S. The van der Waals surface area contributed by atoms with Gasteiger partial charge >= 0.3 is 0 Å². The number of aliphatic hydroxyl groups is 1. The molecule has 3 N–H and O–H groups in total. The number of halogens is 1. The summed E-state index contributed by atoms with van der Waals surface area (Å²) in [6.45, 7) is 0. The van der Waals surface area contributed by atoms with Crippen molar-refractivity contribution in [1.29, 1.82) is 0 Å². The zero-order chi connectivity index (χ0) is 14.3. The summed E-state index contributed by atoms with van der Waals surface area (Å²) < 4.78 is 0. The molecular weight excluding hydrogens is 294 g/mol. The number of nitrogen functional groups attached to an aromatic ring is 1. The summed E-state index contributed by atoms with van der Waals surface area (Å²) >= 11 is 7.26. The lowest BCUT2D eigenvalue weighted by Gasteiger charge is -2.17. The average molecular weight is 308 g/mol. The van der Waals surface area contributed by atoms with Crippen LogP contribution in [0.3, 0.4) is 0 Å². The highest BCUT2D eigenvalue weighted by molar-refractivity contribution is 7.16. The van der Waals surface area contributed by atoms with E-state index in [2.05, 4.69) is 0 Å². The first-order valence-corrected chi connectivity index (χ1v) is 7.64. The molecule has 5 heteroatoms. The fourth-order valence-corrected chi connectivity index (χ4v) is 3.90. The molecule has 3 rings (SSSR count). The fraction of sp³-hybridized carbons (Fsp3) is 0.267. The lowest BCUT2D eigenvalue weighted by Crippen LogP contribution is -2.18. The molecule has 0 saturated carbocycles. The summed E-state index contributed by atoms with van der Waals surface area (Å²) in [5, 5.41) is 10.9. The second kappa shape index (κ2) is 5.20. The van der Waals surface area contributed by atoms with E-state index >= 15 is 0 Å². The topological polar surface area (TPSA) is 63.3 Å². The summed E-state index contributed by atoms with van der Waals surface area (Å²) in [5.41, 5.74) is 8.24. The van der Waals surface area contributed by atoms with Crippen LogP contribution in [0.2, 0.25) is 5.02 Å². The van der Waals surface area contributed by atoms with Crippen LogP contribution in [0, 0.1) is 0 Å². The SMILES string of the molecule is Nc1sc2c(c1C(=O)c1ccc(Cl)cc1)CCC(O)C2. The van der Waals surface area contributed by atoms with Gasteiger partial charge < -0.3 is 10.8 Å². The smallest absolute Gasteiger partial charge is 0.196 e. The van der Waals surface area contributed by atoms with Crippen LogP contribution in [0.5, 0.6) is 0 Å². The van der Waals surface area contributed by atoms with Crippen molar-refractivity contribution in [3.05, 3.63) is 50.9 Å². The molecule has 20 heavy (non-hydrogen) atoms. The minimum Gasteiger partial charge on any atom is -0.393 e. The Morgan fingerprint density at radius 2 is 2.05 bits per heavy atom. The second-order valence-electron chi connectivity index (χ2n) is 4.98. The zero-order valence-electron chi connectivity index (χ0n) is 10.7. The molecule has 104 valence electrons. The Hall–Kier alpha value is -1.36. The van der Waals surface area contributed by atoms with Crippen LogP contribution >= 0.6 is 22.9 Å². The Labute approximate surface area is 126 Å². The van der Waals surface area contributed by atoms with Crippen molar-refractivity contribution in [1.82, 2.24) is 0 Å². The van der Waals surface area contributed by atoms with Gasteiger partial charge in [0.15, 0.2) is 5.78 Å². The average Bonchev–Trinajstić information content (AvgIpc) is 2.73. The first kappa shape index (κ1) is 13.6. The van der Waals surface area contributed by atoms with E-state index < -0.39 is 0 Å². The Morgan fingerprint density at radius 3 is 2.75 bits per heavy atom. The molecule has 0 spiro atoms. The van der Waals surface area contributed by atoms with E-state index in [0.717, 1.165) is 10.4 Å². The molecule has 1 aromatic carbocycles. The molecule has 3 nitrogen and oxygen atoms in total. The number of rotatable bonds is 2.